The number of esters is 1. The third-order valence-electron chi connectivity index (χ3n) is 4.96. The molecule has 0 radical (unpaired) electrons. The summed E-state index contributed by atoms with van der Waals surface area (Å²) in [6.07, 6.45) is 3.81. The van der Waals surface area contributed by atoms with Crippen molar-refractivity contribution < 1.29 is 23.8 Å². The van der Waals surface area contributed by atoms with Crippen LogP contribution in [0.2, 0.25) is 0 Å². The summed E-state index contributed by atoms with van der Waals surface area (Å²) in [7, 11) is 3.07. The summed E-state index contributed by atoms with van der Waals surface area (Å²) in [6, 6.07) is 5.63. The number of fused-ring (bicyclic) bond motifs is 1. The Bertz CT molecular complexity index is 1160. The molecule has 1 N–H and O–H groups in total. The van der Waals surface area contributed by atoms with Gasteiger partial charge in [-0.2, -0.15) is 0 Å². The number of hydrogen-bond acceptors (Lipinski definition) is 9. The second-order valence-corrected chi connectivity index (χ2v) is 6.94. The second kappa shape index (κ2) is 11.7. The van der Waals surface area contributed by atoms with Crippen LogP contribution in [0.1, 0.15) is 36.8 Å². The number of benzene rings is 1. The molecule has 0 spiro atoms. The minimum atomic E-state index is -0.528. The molecule has 0 saturated carbocycles. The topological polar surface area (TPSA) is 109 Å². The second-order valence-electron chi connectivity index (χ2n) is 6.94. The first-order valence-corrected chi connectivity index (χ1v) is 11.1. The number of dihydropyridines is 1. The first-order chi connectivity index (χ1) is 16.6. The fourth-order valence-electron chi connectivity index (χ4n) is 3.46. The first kappa shape index (κ1) is 24.6. The van der Waals surface area contributed by atoms with Crippen molar-refractivity contribution in [2.45, 2.75) is 27.3 Å². The van der Waals surface area contributed by atoms with Gasteiger partial charge in [-0.05, 0) is 35.9 Å². The lowest BCUT2D eigenvalue weighted by molar-refractivity contribution is 0.0520. The monoisotopic (exact) mass is 467 g/mol. The summed E-state index contributed by atoms with van der Waals surface area (Å²) in [6.45, 7) is 7.35. The average molecular weight is 468 g/mol. The number of carbonyl (C=O) groups excluding carboxylic acids is 1. The number of rotatable bonds is 7. The zero-order valence-corrected chi connectivity index (χ0v) is 20.0. The molecular formula is C24H29N5O5. The van der Waals surface area contributed by atoms with E-state index >= 15 is 0 Å². The van der Waals surface area contributed by atoms with Crippen LogP contribution in [0.3, 0.4) is 0 Å². The molecule has 34 heavy (non-hydrogen) atoms. The number of methoxy groups -OCH3 is 1. The van der Waals surface area contributed by atoms with Crippen molar-refractivity contribution in [3.05, 3.63) is 53.1 Å². The molecule has 0 bridgehead atoms. The van der Waals surface area contributed by atoms with Crippen LogP contribution in [0.4, 0.5) is 0 Å². The number of carbonyl (C=O) groups is 1. The number of nitrogens with zero attached hydrogens (tertiary/aromatic N) is 4. The first-order valence-electron chi connectivity index (χ1n) is 11.1. The smallest absolute Gasteiger partial charge is 0.361 e. The fourth-order valence-corrected chi connectivity index (χ4v) is 3.46. The summed E-state index contributed by atoms with van der Waals surface area (Å²) < 4.78 is 17.9. The molecule has 3 heterocycles. The van der Waals surface area contributed by atoms with Gasteiger partial charge >= 0.3 is 5.97 Å². The maximum atomic E-state index is 12.6. The van der Waals surface area contributed by atoms with Crippen LogP contribution < -0.4 is 10.1 Å². The largest absolute Gasteiger partial charge is 0.487 e. The van der Waals surface area contributed by atoms with E-state index in [1.54, 1.807) is 18.7 Å². The van der Waals surface area contributed by atoms with E-state index in [-0.39, 0.29) is 12.3 Å². The molecule has 10 nitrogen and oxygen atoms in total. The third kappa shape index (κ3) is 5.29. The van der Waals surface area contributed by atoms with E-state index in [2.05, 4.69) is 26.7 Å². The molecule has 10 heteroatoms. The average Bonchev–Trinajstić information content (AvgIpc) is 3.48. The van der Waals surface area contributed by atoms with Crippen LogP contribution in [-0.4, -0.2) is 60.8 Å². The maximum absolute atomic E-state index is 12.6. The van der Waals surface area contributed by atoms with E-state index < -0.39 is 5.97 Å². The minimum Gasteiger partial charge on any atom is -0.487 e. The maximum Gasteiger partial charge on any atom is 0.361 e. The minimum absolute atomic E-state index is 0.152. The molecule has 0 fully saturated rings. The highest BCUT2D eigenvalue weighted by Gasteiger charge is 2.26. The highest BCUT2D eigenvalue weighted by molar-refractivity contribution is 5.96. The molecule has 0 aliphatic carbocycles. The highest BCUT2D eigenvalue weighted by atomic mass is 16.6. The van der Waals surface area contributed by atoms with Gasteiger partial charge in [0.05, 0.1) is 25.8 Å². The molecule has 2 aliphatic rings. The molecule has 2 aliphatic heterocycles. The van der Waals surface area contributed by atoms with Crippen LogP contribution >= 0.6 is 0 Å². The van der Waals surface area contributed by atoms with Gasteiger partial charge in [-0.25, -0.2) is 9.48 Å². The van der Waals surface area contributed by atoms with Crippen LogP contribution in [0.25, 0.3) is 16.8 Å². The Hall–Kier alpha value is -4.04. The zero-order valence-electron chi connectivity index (χ0n) is 20.0. The van der Waals surface area contributed by atoms with Gasteiger partial charge in [0, 0.05) is 23.5 Å². The van der Waals surface area contributed by atoms with Crippen LogP contribution in [0.15, 0.2) is 47.0 Å². The lowest BCUT2D eigenvalue weighted by Crippen LogP contribution is -2.23. The summed E-state index contributed by atoms with van der Waals surface area (Å²) in [5.41, 5.74) is 4.14. The molecule has 0 unspecified atom stereocenters. The Labute approximate surface area is 198 Å². The van der Waals surface area contributed by atoms with Crippen molar-refractivity contribution in [1.29, 1.82) is 0 Å². The van der Waals surface area contributed by atoms with E-state index in [0.717, 1.165) is 22.3 Å². The Kier molecular flexibility index (Phi) is 8.48. The zero-order chi connectivity index (χ0) is 24.5. The summed E-state index contributed by atoms with van der Waals surface area (Å²) in [4.78, 5) is 17.3. The Morgan fingerprint density at radius 2 is 2.12 bits per heavy atom. The molecule has 0 atom stereocenters. The quantitative estimate of drug-likeness (QED) is 0.376. The van der Waals surface area contributed by atoms with E-state index in [9.17, 15) is 4.79 Å². The number of aromatic nitrogens is 3. The van der Waals surface area contributed by atoms with Gasteiger partial charge in [-0.1, -0.05) is 31.2 Å². The third-order valence-corrected chi connectivity index (χ3v) is 4.96. The molecule has 1 aromatic heterocycles. The Morgan fingerprint density at radius 1 is 1.29 bits per heavy atom. The number of nitrogens with one attached hydrogen (secondary N) is 1. The van der Waals surface area contributed by atoms with Crippen LogP contribution in [-0.2, 0) is 20.9 Å². The van der Waals surface area contributed by atoms with Crippen molar-refractivity contribution in [3.63, 3.8) is 0 Å². The molecule has 180 valence electrons. The van der Waals surface area contributed by atoms with Crippen molar-refractivity contribution in [1.82, 2.24) is 20.3 Å². The molecule has 0 amide bonds. The van der Waals surface area contributed by atoms with Gasteiger partial charge in [0.1, 0.15) is 25.2 Å². The predicted molar refractivity (Wildman–Crippen MR) is 127 cm³/mol. The highest BCUT2D eigenvalue weighted by Crippen LogP contribution is 2.36. The van der Waals surface area contributed by atoms with Crippen molar-refractivity contribution in [2.75, 3.05) is 34.0 Å². The van der Waals surface area contributed by atoms with E-state index in [0.29, 0.717) is 37.0 Å². The lowest BCUT2D eigenvalue weighted by Gasteiger charge is -2.17. The van der Waals surface area contributed by atoms with E-state index in [4.69, 9.17) is 19.0 Å². The molecular weight excluding hydrogens is 438 g/mol. The van der Waals surface area contributed by atoms with Gasteiger partial charge in [-0.3, -0.25) is 0 Å². The normalized spacial score (nSPS) is 13.6. The standard InChI is InChI=1S/C22H23N5O5.C2H6/c1-4-31-22(28)20-21(27(26-25-20)12-14-5-8-19(29-2)23-10-14)15-6-7-17-16(11-24-30-3)13-32-18(17)9-15;1-2/h5-9,23H,4,10,12-13H2,1-3H3;1-2H3. The number of hydrogen-bond donors (Lipinski definition) is 1. The van der Waals surface area contributed by atoms with Crippen molar-refractivity contribution in [3.8, 4) is 17.0 Å². The lowest BCUT2D eigenvalue weighted by atomic mass is 10.0. The summed E-state index contributed by atoms with van der Waals surface area (Å²) in [5, 5.41) is 15.2. The molecule has 1 aromatic carbocycles. The molecule has 4 rings (SSSR count). The summed E-state index contributed by atoms with van der Waals surface area (Å²) >= 11 is 0. The SMILES string of the molecule is CC.CCOC(=O)c1nnn(CC2=CC=C(OC)NC2)c1-c1ccc2c(c1)OCC2=C=NOC. The van der Waals surface area contributed by atoms with Crippen LogP contribution in [0, 0.1) is 0 Å². The van der Waals surface area contributed by atoms with Crippen molar-refractivity contribution >= 4 is 17.4 Å². The van der Waals surface area contributed by atoms with E-state index in [1.807, 2.05) is 44.2 Å². The van der Waals surface area contributed by atoms with Gasteiger partial charge < -0.3 is 24.4 Å². The van der Waals surface area contributed by atoms with Crippen LogP contribution in [0.5, 0.6) is 5.75 Å². The van der Waals surface area contributed by atoms with Gasteiger partial charge in [-0.15, -0.1) is 5.10 Å². The Balaban J connectivity index is 0.00000158. The van der Waals surface area contributed by atoms with Gasteiger partial charge in [0.15, 0.2) is 11.6 Å². The summed E-state index contributed by atoms with van der Waals surface area (Å²) in [5.74, 6) is 3.64. The van der Waals surface area contributed by atoms with Gasteiger partial charge in [0.25, 0.3) is 0 Å². The van der Waals surface area contributed by atoms with Crippen molar-refractivity contribution in [2.24, 2.45) is 5.16 Å². The number of ether oxygens (including phenoxy) is 3. The predicted octanol–water partition coefficient (Wildman–Crippen LogP) is 3.17. The van der Waals surface area contributed by atoms with Gasteiger partial charge in [0.2, 0.25) is 0 Å². The molecule has 2 aromatic rings. The molecule has 0 saturated heterocycles. The number of allylic oxidation sites excluding steroid dienone is 2. The van der Waals surface area contributed by atoms with E-state index in [1.165, 1.54) is 7.11 Å². The fraction of sp³-hybridized carbons (Fsp3) is 0.375. The Morgan fingerprint density at radius 3 is 2.79 bits per heavy atom.